The number of hydrogen-bond donors (Lipinski definition) is 1. The van der Waals surface area contributed by atoms with Gasteiger partial charge in [0.2, 0.25) is 5.91 Å². The van der Waals surface area contributed by atoms with Gasteiger partial charge in [-0.3, -0.25) is 4.79 Å². The first-order valence-corrected chi connectivity index (χ1v) is 5.77. The van der Waals surface area contributed by atoms with Crippen molar-refractivity contribution in [1.82, 2.24) is 5.32 Å². The highest BCUT2D eigenvalue weighted by Gasteiger charge is 2.48. The zero-order chi connectivity index (χ0) is 10.0. The number of carbonyl (C=O) groups is 1. The molecule has 3 nitrogen and oxygen atoms in total. The van der Waals surface area contributed by atoms with E-state index in [1.165, 1.54) is 12.8 Å². The van der Waals surface area contributed by atoms with Crippen LogP contribution in [0.3, 0.4) is 0 Å². The van der Waals surface area contributed by atoms with E-state index in [0.29, 0.717) is 12.5 Å². The highest BCUT2D eigenvalue weighted by Crippen LogP contribution is 2.46. The Bertz CT molecular complexity index is 222. The SMILES string of the molecule is O=C(CCl)NCC1(C2CC2)CCCO1. The molecule has 1 N–H and O–H groups in total. The summed E-state index contributed by atoms with van der Waals surface area (Å²) in [5.41, 5.74) is -0.0539. The lowest BCUT2D eigenvalue weighted by atomic mass is 9.94. The maximum Gasteiger partial charge on any atom is 0.235 e. The van der Waals surface area contributed by atoms with E-state index in [4.69, 9.17) is 16.3 Å². The number of nitrogens with one attached hydrogen (secondary N) is 1. The fourth-order valence-corrected chi connectivity index (χ4v) is 2.32. The van der Waals surface area contributed by atoms with Gasteiger partial charge in [0.05, 0.1) is 5.60 Å². The predicted octanol–water partition coefficient (Wildman–Crippen LogP) is 1.30. The minimum absolute atomic E-state index is 0.0424. The fraction of sp³-hybridized carbons (Fsp3) is 0.900. The number of amides is 1. The van der Waals surface area contributed by atoms with Gasteiger partial charge < -0.3 is 10.1 Å². The molecule has 80 valence electrons. The molecule has 1 aliphatic heterocycles. The molecule has 0 bridgehead atoms. The zero-order valence-electron chi connectivity index (χ0n) is 8.22. The Morgan fingerprint density at radius 1 is 1.57 bits per heavy atom. The Labute approximate surface area is 89.1 Å². The topological polar surface area (TPSA) is 38.3 Å². The number of hydrogen-bond acceptors (Lipinski definition) is 2. The van der Waals surface area contributed by atoms with Crippen LogP contribution in [0.15, 0.2) is 0 Å². The Morgan fingerprint density at radius 3 is 2.86 bits per heavy atom. The Morgan fingerprint density at radius 2 is 2.36 bits per heavy atom. The van der Waals surface area contributed by atoms with Crippen LogP contribution in [-0.4, -0.2) is 30.5 Å². The Kier molecular flexibility index (Phi) is 2.98. The molecule has 0 aromatic heterocycles. The van der Waals surface area contributed by atoms with Crippen LogP contribution in [0.5, 0.6) is 0 Å². The molecule has 2 fully saturated rings. The summed E-state index contributed by atoms with van der Waals surface area (Å²) in [5.74, 6) is 0.614. The first kappa shape index (κ1) is 10.2. The summed E-state index contributed by atoms with van der Waals surface area (Å²) in [6.07, 6.45) is 4.70. The minimum Gasteiger partial charge on any atom is -0.373 e. The second-order valence-electron chi connectivity index (χ2n) is 4.20. The van der Waals surface area contributed by atoms with Crippen LogP contribution >= 0.6 is 11.6 Å². The average Bonchev–Trinajstić information content (AvgIpc) is 2.96. The molecule has 0 aromatic carbocycles. The van der Waals surface area contributed by atoms with Crippen molar-refractivity contribution in [2.45, 2.75) is 31.3 Å². The second-order valence-corrected chi connectivity index (χ2v) is 4.47. The smallest absolute Gasteiger partial charge is 0.235 e. The van der Waals surface area contributed by atoms with Crippen molar-refractivity contribution >= 4 is 17.5 Å². The lowest BCUT2D eigenvalue weighted by Gasteiger charge is -2.28. The number of halogens is 1. The van der Waals surface area contributed by atoms with E-state index < -0.39 is 0 Å². The molecule has 0 aromatic rings. The number of ether oxygens (including phenoxy) is 1. The number of rotatable bonds is 4. The first-order chi connectivity index (χ1) is 6.77. The van der Waals surface area contributed by atoms with E-state index in [1.807, 2.05) is 0 Å². The predicted molar refractivity (Wildman–Crippen MR) is 54.4 cm³/mol. The van der Waals surface area contributed by atoms with Gasteiger partial charge in [0.15, 0.2) is 0 Å². The lowest BCUT2D eigenvalue weighted by Crippen LogP contribution is -2.44. The van der Waals surface area contributed by atoms with Gasteiger partial charge in [-0.15, -0.1) is 11.6 Å². The van der Waals surface area contributed by atoms with E-state index in [-0.39, 0.29) is 17.4 Å². The molecule has 14 heavy (non-hydrogen) atoms. The third-order valence-corrected chi connectivity index (χ3v) is 3.40. The third-order valence-electron chi connectivity index (χ3n) is 3.16. The van der Waals surface area contributed by atoms with E-state index in [1.54, 1.807) is 0 Å². The molecular weight excluding hydrogens is 202 g/mol. The Hall–Kier alpha value is -0.280. The van der Waals surface area contributed by atoms with Crippen molar-refractivity contribution < 1.29 is 9.53 Å². The molecule has 2 aliphatic rings. The van der Waals surface area contributed by atoms with E-state index in [9.17, 15) is 4.79 Å². The molecule has 4 heteroatoms. The van der Waals surface area contributed by atoms with Crippen molar-refractivity contribution in [3.8, 4) is 0 Å². The molecular formula is C10H16ClNO2. The van der Waals surface area contributed by atoms with Crippen molar-refractivity contribution in [2.75, 3.05) is 19.0 Å². The minimum atomic E-state index is -0.0952. The summed E-state index contributed by atoms with van der Waals surface area (Å²) < 4.78 is 5.80. The van der Waals surface area contributed by atoms with Gasteiger partial charge in [0.1, 0.15) is 5.88 Å². The van der Waals surface area contributed by atoms with Gasteiger partial charge in [0, 0.05) is 13.2 Å². The highest BCUT2D eigenvalue weighted by atomic mass is 35.5. The van der Waals surface area contributed by atoms with Crippen molar-refractivity contribution in [2.24, 2.45) is 5.92 Å². The van der Waals surface area contributed by atoms with Crippen molar-refractivity contribution in [1.29, 1.82) is 0 Å². The summed E-state index contributed by atoms with van der Waals surface area (Å²) in [5, 5.41) is 2.84. The molecule has 1 atom stereocenters. The van der Waals surface area contributed by atoms with Crippen LogP contribution in [0.2, 0.25) is 0 Å². The van der Waals surface area contributed by atoms with Gasteiger partial charge >= 0.3 is 0 Å². The quantitative estimate of drug-likeness (QED) is 0.721. The number of alkyl halides is 1. The normalized spacial score (nSPS) is 31.8. The van der Waals surface area contributed by atoms with Gasteiger partial charge in [-0.1, -0.05) is 0 Å². The maximum atomic E-state index is 11.1. The molecule has 2 rings (SSSR count). The largest absolute Gasteiger partial charge is 0.373 e. The third kappa shape index (κ3) is 2.04. The summed E-state index contributed by atoms with van der Waals surface area (Å²) in [6, 6.07) is 0. The monoisotopic (exact) mass is 217 g/mol. The standard InChI is InChI=1S/C10H16ClNO2/c11-6-9(13)12-7-10(8-2-3-8)4-1-5-14-10/h8H,1-7H2,(H,12,13). The van der Waals surface area contributed by atoms with Crippen LogP contribution in [0.25, 0.3) is 0 Å². The molecule has 1 heterocycles. The van der Waals surface area contributed by atoms with E-state index in [2.05, 4.69) is 5.32 Å². The van der Waals surface area contributed by atoms with Crippen LogP contribution in [-0.2, 0) is 9.53 Å². The van der Waals surface area contributed by atoms with Crippen LogP contribution in [0.4, 0.5) is 0 Å². The van der Waals surface area contributed by atoms with Crippen molar-refractivity contribution in [3.05, 3.63) is 0 Å². The summed E-state index contributed by atoms with van der Waals surface area (Å²) >= 11 is 5.43. The van der Waals surface area contributed by atoms with Crippen molar-refractivity contribution in [3.63, 3.8) is 0 Å². The average molecular weight is 218 g/mol. The molecule has 1 saturated heterocycles. The summed E-state index contributed by atoms with van der Waals surface area (Å²) in [4.78, 5) is 11.1. The van der Waals surface area contributed by atoms with Crippen LogP contribution < -0.4 is 5.32 Å². The molecule has 1 amide bonds. The van der Waals surface area contributed by atoms with Gasteiger partial charge in [-0.25, -0.2) is 0 Å². The molecule has 0 radical (unpaired) electrons. The molecule has 0 spiro atoms. The fourth-order valence-electron chi connectivity index (χ4n) is 2.23. The van der Waals surface area contributed by atoms with E-state index >= 15 is 0 Å². The summed E-state index contributed by atoms with van der Waals surface area (Å²) in [6.45, 7) is 1.48. The second kappa shape index (κ2) is 4.07. The van der Waals surface area contributed by atoms with Gasteiger partial charge in [0.25, 0.3) is 0 Å². The molecule has 1 aliphatic carbocycles. The van der Waals surface area contributed by atoms with E-state index in [0.717, 1.165) is 19.4 Å². The maximum absolute atomic E-state index is 11.1. The van der Waals surface area contributed by atoms with Crippen LogP contribution in [0.1, 0.15) is 25.7 Å². The lowest BCUT2D eigenvalue weighted by molar-refractivity contribution is -0.120. The zero-order valence-corrected chi connectivity index (χ0v) is 8.98. The first-order valence-electron chi connectivity index (χ1n) is 5.23. The summed E-state index contributed by atoms with van der Waals surface area (Å²) in [7, 11) is 0. The van der Waals surface area contributed by atoms with Crippen LogP contribution in [0, 0.1) is 5.92 Å². The molecule has 1 unspecified atom stereocenters. The highest BCUT2D eigenvalue weighted by molar-refractivity contribution is 6.27. The van der Waals surface area contributed by atoms with Gasteiger partial charge in [-0.05, 0) is 31.6 Å². The Balaban J connectivity index is 1.88. The molecule has 1 saturated carbocycles. The number of carbonyl (C=O) groups excluding carboxylic acids is 1. The van der Waals surface area contributed by atoms with Gasteiger partial charge in [-0.2, -0.15) is 0 Å².